The van der Waals surface area contributed by atoms with E-state index in [1.807, 2.05) is 0 Å². The van der Waals surface area contributed by atoms with Crippen LogP contribution < -0.4 is 4.74 Å². The van der Waals surface area contributed by atoms with E-state index in [1.54, 1.807) is 0 Å². The van der Waals surface area contributed by atoms with Crippen LogP contribution in [0.3, 0.4) is 0 Å². The number of hydrogen-bond acceptors (Lipinski definition) is 1. The molecule has 0 unspecified atom stereocenters. The highest BCUT2D eigenvalue weighted by molar-refractivity contribution is 6.18. The van der Waals surface area contributed by atoms with Crippen molar-refractivity contribution >= 4 is 32.3 Å². The third-order valence-corrected chi connectivity index (χ3v) is 5.52. The van der Waals surface area contributed by atoms with E-state index in [0.717, 1.165) is 5.75 Å². The molecular weight excluding hydrogens is 316 g/mol. The Morgan fingerprint density at radius 2 is 1.19 bits per heavy atom. The van der Waals surface area contributed by atoms with Gasteiger partial charge in [0.05, 0.1) is 0 Å². The highest BCUT2D eigenvalue weighted by Crippen LogP contribution is 2.47. The van der Waals surface area contributed by atoms with E-state index in [0.29, 0.717) is 6.61 Å². The first kappa shape index (κ1) is 13.9. The van der Waals surface area contributed by atoms with Crippen LogP contribution in [0.25, 0.3) is 43.4 Å². The van der Waals surface area contributed by atoms with Crippen molar-refractivity contribution < 1.29 is 4.74 Å². The van der Waals surface area contributed by atoms with Gasteiger partial charge in [-0.25, -0.2) is 0 Å². The van der Waals surface area contributed by atoms with Crippen molar-refractivity contribution in [2.45, 2.75) is 6.61 Å². The lowest BCUT2D eigenvalue weighted by Gasteiger charge is -2.24. The van der Waals surface area contributed by atoms with Gasteiger partial charge in [0.1, 0.15) is 12.4 Å². The van der Waals surface area contributed by atoms with Gasteiger partial charge in [0.2, 0.25) is 0 Å². The molecule has 0 aromatic heterocycles. The predicted octanol–water partition coefficient (Wildman–Crippen LogP) is 6.71. The van der Waals surface area contributed by atoms with Crippen molar-refractivity contribution in [1.82, 2.24) is 0 Å². The van der Waals surface area contributed by atoms with Gasteiger partial charge in [0, 0.05) is 11.1 Å². The van der Waals surface area contributed by atoms with Gasteiger partial charge in [-0.15, -0.1) is 0 Å². The van der Waals surface area contributed by atoms with E-state index in [4.69, 9.17) is 4.74 Å². The van der Waals surface area contributed by atoms with Crippen LogP contribution in [-0.4, -0.2) is 0 Å². The minimum absolute atomic E-state index is 0.625. The molecule has 5 aromatic carbocycles. The van der Waals surface area contributed by atoms with E-state index in [9.17, 15) is 0 Å². The fourth-order valence-corrected chi connectivity index (χ4v) is 4.33. The molecule has 6 rings (SSSR count). The zero-order valence-corrected chi connectivity index (χ0v) is 14.2. The summed E-state index contributed by atoms with van der Waals surface area (Å²) in [4.78, 5) is 0. The van der Waals surface area contributed by atoms with E-state index in [2.05, 4.69) is 84.9 Å². The van der Waals surface area contributed by atoms with Gasteiger partial charge in [-0.3, -0.25) is 0 Å². The molecule has 0 amide bonds. The second-order valence-electron chi connectivity index (χ2n) is 6.93. The second-order valence-corrected chi connectivity index (χ2v) is 6.93. The first-order valence-corrected chi connectivity index (χ1v) is 8.98. The van der Waals surface area contributed by atoms with Crippen LogP contribution in [0.4, 0.5) is 0 Å². The summed E-state index contributed by atoms with van der Waals surface area (Å²) in [7, 11) is 0. The largest absolute Gasteiger partial charge is 0.488 e. The SMILES string of the molecule is c1ccc2c3c(ccc2c1)OCc1ccc2ccc4ccccc4c2c1-3. The van der Waals surface area contributed by atoms with Crippen LogP contribution in [0.2, 0.25) is 0 Å². The molecule has 0 radical (unpaired) electrons. The molecule has 1 aliphatic rings. The minimum Gasteiger partial charge on any atom is -0.488 e. The molecule has 1 aliphatic heterocycles. The van der Waals surface area contributed by atoms with Crippen molar-refractivity contribution in [3.05, 3.63) is 90.5 Å². The number of hydrogen-bond donors (Lipinski definition) is 0. The Hall–Kier alpha value is -3.32. The Morgan fingerprint density at radius 3 is 2.08 bits per heavy atom. The van der Waals surface area contributed by atoms with Crippen molar-refractivity contribution in [2.75, 3.05) is 0 Å². The summed E-state index contributed by atoms with van der Waals surface area (Å²) >= 11 is 0. The highest BCUT2D eigenvalue weighted by atomic mass is 16.5. The molecule has 26 heavy (non-hydrogen) atoms. The van der Waals surface area contributed by atoms with Crippen LogP contribution >= 0.6 is 0 Å². The van der Waals surface area contributed by atoms with Crippen LogP contribution in [0, 0.1) is 0 Å². The van der Waals surface area contributed by atoms with Crippen molar-refractivity contribution in [1.29, 1.82) is 0 Å². The van der Waals surface area contributed by atoms with Crippen molar-refractivity contribution in [3.8, 4) is 16.9 Å². The molecule has 1 heteroatoms. The maximum atomic E-state index is 6.12. The number of ether oxygens (including phenoxy) is 1. The Balaban J connectivity index is 1.88. The Morgan fingerprint density at radius 1 is 0.538 bits per heavy atom. The Labute approximate surface area is 151 Å². The smallest absolute Gasteiger partial charge is 0.128 e. The van der Waals surface area contributed by atoms with E-state index >= 15 is 0 Å². The first-order chi connectivity index (χ1) is 12.9. The predicted molar refractivity (Wildman–Crippen MR) is 109 cm³/mol. The van der Waals surface area contributed by atoms with Crippen molar-refractivity contribution in [2.24, 2.45) is 0 Å². The zero-order chi connectivity index (χ0) is 17.1. The average molecular weight is 332 g/mol. The average Bonchev–Trinajstić information content (AvgIpc) is 2.72. The fraction of sp³-hybridized carbons (Fsp3) is 0.0400. The zero-order valence-electron chi connectivity index (χ0n) is 14.2. The quantitative estimate of drug-likeness (QED) is 0.286. The lowest BCUT2D eigenvalue weighted by atomic mass is 9.86. The topological polar surface area (TPSA) is 9.23 Å². The number of fused-ring (bicyclic) bond motifs is 9. The van der Waals surface area contributed by atoms with Gasteiger partial charge in [-0.2, -0.15) is 0 Å². The van der Waals surface area contributed by atoms with Crippen LogP contribution in [0.5, 0.6) is 5.75 Å². The van der Waals surface area contributed by atoms with Gasteiger partial charge in [-0.05, 0) is 43.9 Å². The molecule has 0 saturated carbocycles. The summed E-state index contributed by atoms with van der Waals surface area (Å²) in [5, 5.41) is 7.71. The molecule has 0 bridgehead atoms. The maximum Gasteiger partial charge on any atom is 0.128 e. The standard InChI is InChI=1S/C25H16O/c1-3-7-20-16(5-1)9-10-18-11-12-19-15-26-22-14-13-17-6-2-4-8-21(17)25(22)24(19)23(18)20/h1-14H,15H2. The summed E-state index contributed by atoms with van der Waals surface area (Å²) < 4.78 is 6.12. The Kier molecular flexibility index (Phi) is 2.72. The lowest BCUT2D eigenvalue weighted by Crippen LogP contribution is -2.06. The fourth-order valence-electron chi connectivity index (χ4n) is 4.33. The number of rotatable bonds is 0. The second kappa shape index (κ2) is 5.09. The molecule has 122 valence electrons. The van der Waals surface area contributed by atoms with Gasteiger partial charge >= 0.3 is 0 Å². The molecular formula is C25H16O. The summed E-state index contributed by atoms with van der Waals surface area (Å²) in [5.41, 5.74) is 3.82. The van der Waals surface area contributed by atoms with E-state index in [1.165, 1.54) is 49.0 Å². The van der Waals surface area contributed by atoms with Gasteiger partial charge in [0.25, 0.3) is 0 Å². The maximum absolute atomic E-state index is 6.12. The lowest BCUT2D eigenvalue weighted by molar-refractivity contribution is 0.303. The van der Waals surface area contributed by atoms with Crippen LogP contribution in [0.1, 0.15) is 5.56 Å². The molecule has 0 saturated heterocycles. The normalized spacial score (nSPS) is 12.8. The summed E-state index contributed by atoms with van der Waals surface area (Å²) in [5.74, 6) is 0.983. The summed E-state index contributed by atoms with van der Waals surface area (Å²) in [6.07, 6.45) is 0. The molecule has 0 fully saturated rings. The number of benzene rings is 5. The molecule has 1 nitrogen and oxygen atoms in total. The van der Waals surface area contributed by atoms with Gasteiger partial charge < -0.3 is 4.74 Å². The first-order valence-electron chi connectivity index (χ1n) is 8.98. The van der Waals surface area contributed by atoms with E-state index < -0.39 is 0 Å². The Bertz CT molecular complexity index is 1330. The van der Waals surface area contributed by atoms with Gasteiger partial charge in [0.15, 0.2) is 0 Å². The highest BCUT2D eigenvalue weighted by Gasteiger charge is 2.22. The molecule has 0 N–H and O–H groups in total. The van der Waals surface area contributed by atoms with Gasteiger partial charge in [-0.1, -0.05) is 78.9 Å². The third-order valence-electron chi connectivity index (χ3n) is 5.52. The summed E-state index contributed by atoms with van der Waals surface area (Å²) in [6, 6.07) is 30.4. The molecule has 0 aliphatic carbocycles. The third kappa shape index (κ3) is 1.80. The molecule has 0 spiro atoms. The monoisotopic (exact) mass is 332 g/mol. The van der Waals surface area contributed by atoms with Crippen LogP contribution in [0.15, 0.2) is 84.9 Å². The van der Waals surface area contributed by atoms with Crippen LogP contribution in [-0.2, 0) is 6.61 Å². The summed E-state index contributed by atoms with van der Waals surface area (Å²) in [6.45, 7) is 0.625. The molecule has 0 atom stereocenters. The van der Waals surface area contributed by atoms with E-state index in [-0.39, 0.29) is 0 Å². The molecule has 1 heterocycles. The minimum atomic E-state index is 0.625. The molecule has 5 aromatic rings. The van der Waals surface area contributed by atoms with Crippen molar-refractivity contribution in [3.63, 3.8) is 0 Å².